The van der Waals surface area contributed by atoms with Gasteiger partial charge in [-0.25, -0.2) is 0 Å². The van der Waals surface area contributed by atoms with Gasteiger partial charge in [-0.3, -0.25) is 9.59 Å². The van der Waals surface area contributed by atoms with Crippen molar-refractivity contribution in [2.75, 3.05) is 19.8 Å². The molecule has 0 radical (unpaired) electrons. The number of carbonyl (C=O) groups is 2. The number of aliphatic hydroxyl groups is 1. The summed E-state index contributed by atoms with van der Waals surface area (Å²) in [7, 11) is 0. The molecule has 2 aliphatic heterocycles. The van der Waals surface area contributed by atoms with E-state index < -0.39 is 6.04 Å². The number of ether oxygens (including phenoxy) is 2. The third-order valence-corrected chi connectivity index (χ3v) is 6.35. The second-order valence-electron chi connectivity index (χ2n) is 8.48. The van der Waals surface area contributed by atoms with Crippen LogP contribution in [0.4, 0.5) is 0 Å². The van der Waals surface area contributed by atoms with E-state index in [9.17, 15) is 14.7 Å². The second kappa shape index (κ2) is 7.82. The highest BCUT2D eigenvalue weighted by Crippen LogP contribution is 2.48. The van der Waals surface area contributed by atoms with Crippen LogP contribution in [0.15, 0.2) is 35.6 Å². The van der Waals surface area contributed by atoms with Gasteiger partial charge in [0.2, 0.25) is 0 Å². The fraction of sp³-hybridized carbons (Fsp3) is 0.565. The minimum atomic E-state index is -0.550. The summed E-state index contributed by atoms with van der Waals surface area (Å²) >= 11 is 0. The van der Waals surface area contributed by atoms with Gasteiger partial charge in [0.25, 0.3) is 5.91 Å². The van der Waals surface area contributed by atoms with Gasteiger partial charge in [0, 0.05) is 6.54 Å². The molecule has 6 nitrogen and oxygen atoms in total. The minimum absolute atomic E-state index is 0.0234. The maximum absolute atomic E-state index is 13.6. The molecule has 1 aromatic carbocycles. The molecule has 0 saturated heterocycles. The summed E-state index contributed by atoms with van der Waals surface area (Å²) in [6.45, 7) is 6.68. The zero-order valence-electron chi connectivity index (χ0n) is 17.3. The van der Waals surface area contributed by atoms with Crippen molar-refractivity contribution in [3.63, 3.8) is 0 Å². The molecule has 3 aliphatic rings. The lowest BCUT2D eigenvalue weighted by molar-refractivity contribution is -0.139. The SMILES string of the molecule is CCOc1cccc(C2C3=C(OC4C(C)CC(C)CC4C3=O)C(=O)N2CCO)c1. The maximum Gasteiger partial charge on any atom is 0.290 e. The van der Waals surface area contributed by atoms with E-state index in [0.717, 1.165) is 18.4 Å². The molecule has 5 atom stereocenters. The van der Waals surface area contributed by atoms with Crippen LogP contribution in [-0.2, 0) is 14.3 Å². The first-order valence-corrected chi connectivity index (χ1v) is 10.6. The summed E-state index contributed by atoms with van der Waals surface area (Å²) in [5.74, 6) is 1.04. The van der Waals surface area contributed by atoms with Gasteiger partial charge in [-0.2, -0.15) is 0 Å². The summed E-state index contributed by atoms with van der Waals surface area (Å²) in [6.07, 6.45) is 1.53. The molecular weight excluding hydrogens is 370 g/mol. The number of Topliss-reactive ketones (excluding diaryl/α,β-unsaturated/α-hetero) is 1. The number of benzene rings is 1. The molecule has 0 aromatic heterocycles. The van der Waals surface area contributed by atoms with E-state index in [2.05, 4.69) is 13.8 Å². The van der Waals surface area contributed by atoms with Crippen LogP contribution in [0, 0.1) is 17.8 Å². The van der Waals surface area contributed by atoms with Crippen LogP contribution in [0.2, 0.25) is 0 Å². The van der Waals surface area contributed by atoms with E-state index in [0.29, 0.717) is 23.8 Å². The predicted octanol–water partition coefficient (Wildman–Crippen LogP) is 2.87. The fourth-order valence-corrected chi connectivity index (χ4v) is 5.25. The summed E-state index contributed by atoms with van der Waals surface area (Å²) < 4.78 is 11.8. The predicted molar refractivity (Wildman–Crippen MR) is 107 cm³/mol. The topological polar surface area (TPSA) is 76.1 Å². The van der Waals surface area contributed by atoms with Crippen LogP contribution in [-0.4, -0.2) is 47.6 Å². The van der Waals surface area contributed by atoms with Crippen LogP contribution < -0.4 is 4.74 Å². The summed E-state index contributed by atoms with van der Waals surface area (Å²) in [5, 5.41) is 9.57. The largest absolute Gasteiger partial charge is 0.494 e. The molecule has 1 N–H and O–H groups in total. The molecule has 1 amide bonds. The van der Waals surface area contributed by atoms with E-state index >= 15 is 0 Å². The van der Waals surface area contributed by atoms with E-state index in [1.54, 1.807) is 4.90 Å². The Kier molecular flexibility index (Phi) is 5.38. The van der Waals surface area contributed by atoms with Crippen molar-refractivity contribution in [3.05, 3.63) is 41.2 Å². The van der Waals surface area contributed by atoms with Crippen LogP contribution in [0.25, 0.3) is 0 Å². The quantitative estimate of drug-likeness (QED) is 0.824. The highest BCUT2D eigenvalue weighted by atomic mass is 16.5. The Labute approximate surface area is 171 Å². The molecule has 1 fully saturated rings. The third kappa shape index (κ3) is 3.33. The van der Waals surface area contributed by atoms with Gasteiger partial charge in [-0.05, 0) is 49.3 Å². The molecule has 29 heavy (non-hydrogen) atoms. The lowest BCUT2D eigenvalue weighted by Crippen LogP contribution is -2.45. The zero-order valence-corrected chi connectivity index (χ0v) is 17.3. The number of ketones is 1. The first-order valence-electron chi connectivity index (χ1n) is 10.6. The molecule has 156 valence electrons. The summed E-state index contributed by atoms with van der Waals surface area (Å²) in [4.78, 5) is 28.3. The normalized spacial score (nSPS) is 31.4. The maximum atomic E-state index is 13.6. The summed E-state index contributed by atoms with van der Waals surface area (Å²) in [5.41, 5.74) is 1.25. The molecule has 0 spiro atoms. The van der Waals surface area contributed by atoms with Crippen molar-refractivity contribution < 1.29 is 24.2 Å². The van der Waals surface area contributed by atoms with Crippen LogP contribution >= 0.6 is 0 Å². The first kappa shape index (κ1) is 20.0. The Hall–Kier alpha value is -2.34. The number of β-amino-alcohol motifs (C(OH)–C–C–N with tert-alkyl or cyclic N) is 1. The highest BCUT2D eigenvalue weighted by Gasteiger charge is 2.53. The van der Waals surface area contributed by atoms with Crippen LogP contribution in [0.5, 0.6) is 5.75 Å². The van der Waals surface area contributed by atoms with Gasteiger partial charge < -0.3 is 19.5 Å². The Morgan fingerprint density at radius 3 is 2.76 bits per heavy atom. The second-order valence-corrected chi connectivity index (χ2v) is 8.48. The Morgan fingerprint density at radius 2 is 2.03 bits per heavy atom. The smallest absolute Gasteiger partial charge is 0.290 e. The number of rotatable bonds is 5. The molecule has 5 unspecified atom stereocenters. The monoisotopic (exact) mass is 399 g/mol. The van der Waals surface area contributed by atoms with Gasteiger partial charge in [-0.1, -0.05) is 26.0 Å². The Balaban J connectivity index is 1.78. The first-order chi connectivity index (χ1) is 14.0. The number of amides is 1. The van der Waals surface area contributed by atoms with Gasteiger partial charge in [0.05, 0.1) is 30.7 Å². The minimum Gasteiger partial charge on any atom is -0.494 e. The molecule has 4 rings (SSSR count). The molecule has 0 bridgehead atoms. The molecule has 1 aliphatic carbocycles. The van der Waals surface area contributed by atoms with Gasteiger partial charge in [0.15, 0.2) is 11.5 Å². The number of fused-ring (bicyclic) bond motifs is 1. The van der Waals surface area contributed by atoms with E-state index in [1.165, 1.54) is 0 Å². The lowest BCUT2D eigenvalue weighted by Gasteiger charge is -2.41. The van der Waals surface area contributed by atoms with Gasteiger partial charge in [-0.15, -0.1) is 0 Å². The van der Waals surface area contributed by atoms with E-state index in [-0.39, 0.29) is 48.5 Å². The number of carbonyl (C=O) groups excluding carboxylic acids is 2. The number of nitrogens with zero attached hydrogens (tertiary/aromatic N) is 1. The molecule has 2 heterocycles. The third-order valence-electron chi connectivity index (χ3n) is 6.35. The Morgan fingerprint density at radius 1 is 1.24 bits per heavy atom. The van der Waals surface area contributed by atoms with Crippen LogP contribution in [0.3, 0.4) is 0 Å². The lowest BCUT2D eigenvalue weighted by atomic mass is 9.70. The fourth-order valence-electron chi connectivity index (χ4n) is 5.25. The van der Waals surface area contributed by atoms with Crippen LogP contribution in [0.1, 0.15) is 45.2 Å². The van der Waals surface area contributed by atoms with Crippen molar-refractivity contribution in [1.82, 2.24) is 4.90 Å². The standard InChI is InChI=1S/C23H29NO5/c1-4-28-16-7-5-6-15(12-16)19-18-20(26)17-11-13(2)10-14(3)21(17)29-22(18)23(27)24(19)8-9-25/h5-7,12-14,17,19,21,25H,4,8-11H2,1-3H3. The van der Waals surface area contributed by atoms with Gasteiger partial charge in [0.1, 0.15) is 11.9 Å². The van der Waals surface area contributed by atoms with E-state index in [1.807, 2.05) is 31.2 Å². The van der Waals surface area contributed by atoms with Gasteiger partial charge >= 0.3 is 0 Å². The van der Waals surface area contributed by atoms with Crippen molar-refractivity contribution in [2.24, 2.45) is 17.8 Å². The molecule has 1 saturated carbocycles. The molecule has 1 aromatic rings. The molecule has 6 heteroatoms. The molecular formula is C23H29NO5. The average Bonchev–Trinajstić information content (AvgIpc) is 2.96. The Bertz CT molecular complexity index is 847. The zero-order chi connectivity index (χ0) is 20.7. The number of hydrogen-bond donors (Lipinski definition) is 1. The summed E-state index contributed by atoms with van der Waals surface area (Å²) in [6, 6.07) is 6.93. The van der Waals surface area contributed by atoms with Crippen molar-refractivity contribution in [3.8, 4) is 5.75 Å². The number of aliphatic hydroxyl groups excluding tert-OH is 1. The van der Waals surface area contributed by atoms with Crippen molar-refractivity contribution in [2.45, 2.75) is 45.8 Å². The number of hydrogen-bond acceptors (Lipinski definition) is 5. The van der Waals surface area contributed by atoms with Crippen molar-refractivity contribution in [1.29, 1.82) is 0 Å². The highest BCUT2D eigenvalue weighted by molar-refractivity contribution is 6.11. The average molecular weight is 399 g/mol. The van der Waals surface area contributed by atoms with Crippen molar-refractivity contribution >= 4 is 11.7 Å². The van der Waals surface area contributed by atoms with E-state index in [4.69, 9.17) is 9.47 Å².